The van der Waals surface area contributed by atoms with Crippen molar-refractivity contribution in [2.75, 3.05) is 31.3 Å². The van der Waals surface area contributed by atoms with Crippen LogP contribution >= 0.6 is 0 Å². The first-order chi connectivity index (χ1) is 8.86. The van der Waals surface area contributed by atoms with Gasteiger partial charge in [0.15, 0.2) is 0 Å². The summed E-state index contributed by atoms with van der Waals surface area (Å²) in [7, 11) is 3.17. The standard InChI is InChI=1S/C12H16FN3O3/c1-15-11(17)3-4-16(2)10-6-8(13)7(12(18)19)5-9(10)14/h5-6H,3-4,14H2,1-2H3,(H,15,17)(H,18,19). The molecule has 0 spiro atoms. The van der Waals surface area contributed by atoms with E-state index in [4.69, 9.17) is 10.8 Å². The fourth-order valence-electron chi connectivity index (χ4n) is 1.59. The van der Waals surface area contributed by atoms with Crippen molar-refractivity contribution in [1.29, 1.82) is 0 Å². The lowest BCUT2D eigenvalue weighted by molar-refractivity contribution is -0.120. The molecule has 0 aliphatic heterocycles. The summed E-state index contributed by atoms with van der Waals surface area (Å²) in [5, 5.41) is 11.2. The lowest BCUT2D eigenvalue weighted by Crippen LogP contribution is -2.27. The van der Waals surface area contributed by atoms with E-state index in [0.717, 1.165) is 12.1 Å². The monoisotopic (exact) mass is 269 g/mol. The number of halogens is 1. The summed E-state index contributed by atoms with van der Waals surface area (Å²) in [6.07, 6.45) is 0.231. The quantitative estimate of drug-likeness (QED) is 0.683. The average Bonchev–Trinajstić information content (AvgIpc) is 2.37. The van der Waals surface area contributed by atoms with Gasteiger partial charge in [-0.1, -0.05) is 0 Å². The molecule has 7 heteroatoms. The molecule has 0 aromatic heterocycles. The van der Waals surface area contributed by atoms with E-state index in [2.05, 4.69) is 5.32 Å². The molecule has 0 radical (unpaired) electrons. The Kier molecular flexibility index (Phi) is 4.68. The number of carbonyl (C=O) groups is 2. The van der Waals surface area contributed by atoms with Crippen LogP contribution in [-0.4, -0.2) is 37.6 Å². The second-order valence-electron chi connectivity index (χ2n) is 4.04. The van der Waals surface area contributed by atoms with E-state index >= 15 is 0 Å². The molecule has 4 N–H and O–H groups in total. The highest BCUT2D eigenvalue weighted by molar-refractivity contribution is 5.91. The molecule has 1 rings (SSSR count). The predicted octanol–water partition coefficient (Wildman–Crippen LogP) is 0.678. The molecular weight excluding hydrogens is 253 g/mol. The van der Waals surface area contributed by atoms with Crippen LogP contribution in [0.3, 0.4) is 0 Å². The Labute approximate surface area is 110 Å². The Morgan fingerprint density at radius 2 is 2.11 bits per heavy atom. The molecule has 1 amide bonds. The zero-order valence-corrected chi connectivity index (χ0v) is 10.7. The van der Waals surface area contributed by atoms with Crippen molar-refractivity contribution in [3.05, 3.63) is 23.5 Å². The molecule has 104 valence electrons. The first kappa shape index (κ1) is 14.7. The largest absolute Gasteiger partial charge is 0.478 e. The van der Waals surface area contributed by atoms with Gasteiger partial charge in [0.05, 0.1) is 16.9 Å². The van der Waals surface area contributed by atoms with Gasteiger partial charge in [-0.05, 0) is 6.07 Å². The number of aromatic carboxylic acids is 1. The van der Waals surface area contributed by atoms with Gasteiger partial charge in [-0.25, -0.2) is 9.18 Å². The molecule has 0 unspecified atom stereocenters. The van der Waals surface area contributed by atoms with Gasteiger partial charge in [0.25, 0.3) is 0 Å². The van der Waals surface area contributed by atoms with Crippen LogP contribution in [0.25, 0.3) is 0 Å². The summed E-state index contributed by atoms with van der Waals surface area (Å²) < 4.78 is 13.6. The highest BCUT2D eigenvalue weighted by atomic mass is 19.1. The van der Waals surface area contributed by atoms with Crippen LogP contribution in [0.5, 0.6) is 0 Å². The lowest BCUT2D eigenvalue weighted by atomic mass is 10.1. The van der Waals surface area contributed by atoms with E-state index in [-0.39, 0.29) is 18.0 Å². The van der Waals surface area contributed by atoms with E-state index in [0.29, 0.717) is 12.2 Å². The average molecular weight is 269 g/mol. The van der Waals surface area contributed by atoms with Gasteiger partial charge in [0, 0.05) is 33.1 Å². The molecular formula is C12H16FN3O3. The molecule has 6 nitrogen and oxygen atoms in total. The zero-order chi connectivity index (χ0) is 14.6. The number of nitrogens with two attached hydrogens (primary N) is 1. The molecule has 19 heavy (non-hydrogen) atoms. The van der Waals surface area contributed by atoms with Gasteiger partial charge in [-0.3, -0.25) is 4.79 Å². The molecule has 0 heterocycles. The Morgan fingerprint density at radius 1 is 1.47 bits per heavy atom. The third kappa shape index (κ3) is 3.57. The number of nitrogens with zero attached hydrogens (tertiary/aromatic N) is 1. The number of hydrogen-bond donors (Lipinski definition) is 3. The lowest BCUT2D eigenvalue weighted by Gasteiger charge is -2.21. The second-order valence-corrected chi connectivity index (χ2v) is 4.04. The van der Waals surface area contributed by atoms with Crippen LogP contribution in [0.4, 0.5) is 15.8 Å². The minimum absolute atomic E-state index is 0.145. The smallest absolute Gasteiger partial charge is 0.338 e. The van der Waals surface area contributed by atoms with Crippen molar-refractivity contribution in [3.8, 4) is 0 Å². The molecule has 0 aliphatic carbocycles. The Morgan fingerprint density at radius 3 is 2.63 bits per heavy atom. The van der Waals surface area contributed by atoms with Crippen LogP contribution in [0.2, 0.25) is 0 Å². The van der Waals surface area contributed by atoms with Crippen molar-refractivity contribution in [3.63, 3.8) is 0 Å². The number of nitrogen functional groups attached to an aromatic ring is 1. The number of nitrogens with one attached hydrogen (secondary N) is 1. The summed E-state index contributed by atoms with van der Waals surface area (Å²) in [5.74, 6) is -2.37. The summed E-state index contributed by atoms with van der Waals surface area (Å²) in [6.45, 7) is 0.343. The number of carboxylic acids is 1. The van der Waals surface area contributed by atoms with Crippen molar-refractivity contribution in [2.24, 2.45) is 0 Å². The van der Waals surface area contributed by atoms with E-state index in [9.17, 15) is 14.0 Å². The highest BCUT2D eigenvalue weighted by Crippen LogP contribution is 2.26. The van der Waals surface area contributed by atoms with E-state index in [1.165, 1.54) is 7.05 Å². The first-order valence-electron chi connectivity index (χ1n) is 5.60. The molecule has 0 atom stereocenters. The van der Waals surface area contributed by atoms with Gasteiger partial charge in [0.2, 0.25) is 5.91 Å². The van der Waals surface area contributed by atoms with Crippen LogP contribution < -0.4 is 16.0 Å². The summed E-state index contributed by atoms with van der Waals surface area (Å²) in [5.41, 5.74) is 5.73. The van der Waals surface area contributed by atoms with E-state index in [1.807, 2.05) is 0 Å². The maximum absolute atomic E-state index is 13.6. The van der Waals surface area contributed by atoms with Crippen molar-refractivity contribution in [1.82, 2.24) is 5.32 Å². The third-order valence-corrected chi connectivity index (χ3v) is 2.71. The van der Waals surface area contributed by atoms with E-state index in [1.54, 1.807) is 11.9 Å². The molecule has 1 aromatic carbocycles. The number of rotatable bonds is 5. The van der Waals surface area contributed by atoms with Crippen LogP contribution in [0.1, 0.15) is 16.8 Å². The molecule has 0 saturated carbocycles. The number of benzene rings is 1. The molecule has 0 fully saturated rings. The zero-order valence-electron chi connectivity index (χ0n) is 10.7. The second kappa shape index (κ2) is 6.03. The normalized spacial score (nSPS) is 10.1. The summed E-state index contributed by atoms with van der Waals surface area (Å²) >= 11 is 0. The van der Waals surface area contributed by atoms with E-state index < -0.39 is 17.3 Å². The van der Waals surface area contributed by atoms with Gasteiger partial charge in [-0.15, -0.1) is 0 Å². The van der Waals surface area contributed by atoms with Gasteiger partial charge < -0.3 is 21.1 Å². The molecule has 0 bridgehead atoms. The summed E-state index contributed by atoms with van der Waals surface area (Å²) in [4.78, 5) is 23.5. The third-order valence-electron chi connectivity index (χ3n) is 2.71. The minimum atomic E-state index is -1.37. The highest BCUT2D eigenvalue weighted by Gasteiger charge is 2.16. The SMILES string of the molecule is CNC(=O)CCN(C)c1cc(F)c(C(=O)O)cc1N. The number of carboxylic acid groups (broad SMARTS) is 1. The topological polar surface area (TPSA) is 95.7 Å². The van der Waals surface area contributed by atoms with Crippen molar-refractivity contribution < 1.29 is 19.1 Å². The van der Waals surface area contributed by atoms with Crippen LogP contribution in [-0.2, 0) is 4.79 Å². The number of carbonyl (C=O) groups excluding carboxylic acids is 1. The Balaban J connectivity index is 2.92. The fourth-order valence-corrected chi connectivity index (χ4v) is 1.59. The minimum Gasteiger partial charge on any atom is -0.478 e. The van der Waals surface area contributed by atoms with Gasteiger partial charge in [0.1, 0.15) is 5.82 Å². The maximum Gasteiger partial charge on any atom is 0.338 e. The number of amides is 1. The molecule has 1 aromatic rings. The molecule has 0 aliphatic rings. The predicted molar refractivity (Wildman–Crippen MR) is 69.7 cm³/mol. The van der Waals surface area contributed by atoms with Crippen molar-refractivity contribution >= 4 is 23.3 Å². The Hall–Kier alpha value is -2.31. The first-order valence-corrected chi connectivity index (χ1v) is 5.60. The Bertz CT molecular complexity index is 505. The van der Waals surface area contributed by atoms with Crippen LogP contribution in [0.15, 0.2) is 12.1 Å². The van der Waals surface area contributed by atoms with Crippen LogP contribution in [0, 0.1) is 5.82 Å². The van der Waals surface area contributed by atoms with Gasteiger partial charge >= 0.3 is 5.97 Å². The van der Waals surface area contributed by atoms with Gasteiger partial charge in [-0.2, -0.15) is 0 Å². The number of anilines is 2. The number of hydrogen-bond acceptors (Lipinski definition) is 4. The fraction of sp³-hybridized carbons (Fsp3) is 0.333. The summed E-state index contributed by atoms with van der Waals surface area (Å²) in [6, 6.07) is 2.13. The van der Waals surface area contributed by atoms with Crippen molar-refractivity contribution in [2.45, 2.75) is 6.42 Å². The maximum atomic E-state index is 13.6. The molecule has 0 saturated heterocycles.